The second kappa shape index (κ2) is 5.37. The van der Waals surface area contributed by atoms with Crippen molar-refractivity contribution in [3.8, 4) is 0 Å². The molecular weight excluding hydrogens is 282 g/mol. The highest BCUT2D eigenvalue weighted by Gasteiger charge is 2.32. The number of nitrogens with one attached hydrogen (secondary N) is 2. The number of amides is 1. The van der Waals surface area contributed by atoms with E-state index in [1.165, 1.54) is 23.0 Å². The molecule has 0 fully saturated rings. The van der Waals surface area contributed by atoms with Crippen LogP contribution in [0.5, 0.6) is 0 Å². The molecule has 5 heteroatoms. The van der Waals surface area contributed by atoms with Gasteiger partial charge in [-0.1, -0.05) is 50.7 Å². The third kappa shape index (κ3) is 2.55. The molecule has 1 unspecified atom stereocenters. The van der Waals surface area contributed by atoms with E-state index in [2.05, 4.69) is 54.8 Å². The van der Waals surface area contributed by atoms with Crippen LogP contribution in [0, 0.1) is 0 Å². The molecule has 1 amide bonds. The van der Waals surface area contributed by atoms with Crippen LogP contribution in [0.4, 0.5) is 10.5 Å². The number of fused-ring (bicyclic) bond motifs is 1. The van der Waals surface area contributed by atoms with Crippen LogP contribution in [0.1, 0.15) is 44.7 Å². The minimum Gasteiger partial charge on any atom is -0.384 e. The maximum atomic E-state index is 11.5. The molecule has 2 aliphatic heterocycles. The summed E-state index contributed by atoms with van der Waals surface area (Å²) in [6, 6.07) is 6.40. The van der Waals surface area contributed by atoms with Crippen LogP contribution in [0.25, 0.3) is 0 Å². The Labute approximate surface area is 129 Å². The highest BCUT2D eigenvalue weighted by molar-refractivity contribution is 8.14. The van der Waals surface area contributed by atoms with Gasteiger partial charge >= 0.3 is 0 Å². The van der Waals surface area contributed by atoms with Gasteiger partial charge in [0.25, 0.3) is 5.24 Å². The Morgan fingerprint density at radius 1 is 1.43 bits per heavy atom. The molecule has 0 aliphatic carbocycles. The number of carbonyl (C=O) groups is 1. The second-order valence-corrected chi connectivity index (χ2v) is 7.38. The molecular formula is C16H21N3OS. The van der Waals surface area contributed by atoms with Crippen LogP contribution in [-0.2, 0) is 5.41 Å². The van der Waals surface area contributed by atoms with Crippen molar-refractivity contribution in [2.75, 3.05) is 11.9 Å². The Kier molecular flexibility index (Phi) is 3.69. The van der Waals surface area contributed by atoms with Gasteiger partial charge in [0.1, 0.15) is 0 Å². The van der Waals surface area contributed by atoms with E-state index in [0.717, 1.165) is 30.7 Å². The van der Waals surface area contributed by atoms with Crippen LogP contribution in [-0.4, -0.2) is 22.7 Å². The molecule has 4 nitrogen and oxygen atoms in total. The molecule has 112 valence electrons. The molecule has 21 heavy (non-hydrogen) atoms. The summed E-state index contributed by atoms with van der Waals surface area (Å²) in [5.41, 5.74) is 7.40. The van der Waals surface area contributed by atoms with Crippen LogP contribution < -0.4 is 10.7 Å². The maximum Gasteiger partial charge on any atom is 0.299 e. The number of hydrazone groups is 1. The lowest BCUT2D eigenvalue weighted by Crippen LogP contribution is -2.34. The Hall–Kier alpha value is -1.49. The topological polar surface area (TPSA) is 53.5 Å². The molecule has 0 aromatic heterocycles. The van der Waals surface area contributed by atoms with Gasteiger partial charge in [-0.05, 0) is 23.8 Å². The highest BCUT2D eigenvalue weighted by Crippen LogP contribution is 2.40. The standard InChI is InChI=1S/C16H21N3OS/c1-4-12-14(18-19-15(20)21-12)10-6-5-7-11-13(10)17-9-8-16(11,2)3/h5-7,12,17H,4,8-9H2,1-3H3,(H,19,20). The summed E-state index contributed by atoms with van der Waals surface area (Å²) >= 11 is 1.33. The van der Waals surface area contributed by atoms with E-state index in [-0.39, 0.29) is 15.9 Å². The van der Waals surface area contributed by atoms with Crippen LogP contribution in [0.3, 0.4) is 0 Å². The molecule has 1 aromatic rings. The Morgan fingerprint density at radius 3 is 3.00 bits per heavy atom. The minimum atomic E-state index is -0.0660. The van der Waals surface area contributed by atoms with Gasteiger partial charge in [0.2, 0.25) is 0 Å². The van der Waals surface area contributed by atoms with Gasteiger partial charge in [-0.2, -0.15) is 5.10 Å². The van der Waals surface area contributed by atoms with Crippen molar-refractivity contribution in [2.24, 2.45) is 5.10 Å². The molecule has 3 rings (SSSR count). The van der Waals surface area contributed by atoms with Gasteiger partial charge in [-0.3, -0.25) is 4.79 Å². The van der Waals surface area contributed by atoms with E-state index in [1.807, 2.05) is 0 Å². The Balaban J connectivity index is 2.10. The molecule has 2 N–H and O–H groups in total. The van der Waals surface area contributed by atoms with Crippen molar-refractivity contribution in [3.63, 3.8) is 0 Å². The first-order valence-corrected chi connectivity index (χ1v) is 8.33. The molecule has 1 aromatic carbocycles. The molecule has 0 radical (unpaired) electrons. The zero-order chi connectivity index (χ0) is 15.0. The number of benzene rings is 1. The minimum absolute atomic E-state index is 0.0660. The van der Waals surface area contributed by atoms with Crippen LogP contribution >= 0.6 is 11.8 Å². The van der Waals surface area contributed by atoms with Crippen molar-refractivity contribution >= 4 is 28.4 Å². The van der Waals surface area contributed by atoms with E-state index in [1.54, 1.807) is 0 Å². The molecule has 0 saturated carbocycles. The van der Waals surface area contributed by atoms with Crippen LogP contribution in [0.2, 0.25) is 0 Å². The summed E-state index contributed by atoms with van der Waals surface area (Å²) in [5, 5.41) is 7.94. The normalized spacial score (nSPS) is 23.7. The average molecular weight is 303 g/mol. The number of carbonyl (C=O) groups excluding carboxylic acids is 1. The molecule has 0 bridgehead atoms. The predicted molar refractivity (Wildman–Crippen MR) is 89.3 cm³/mol. The summed E-state index contributed by atoms with van der Waals surface area (Å²) in [6.07, 6.45) is 2.02. The lowest BCUT2D eigenvalue weighted by molar-refractivity contribution is 0.260. The van der Waals surface area contributed by atoms with Crippen molar-refractivity contribution in [1.82, 2.24) is 5.43 Å². The van der Waals surface area contributed by atoms with Gasteiger partial charge < -0.3 is 5.32 Å². The van der Waals surface area contributed by atoms with Gasteiger partial charge in [0.05, 0.1) is 11.0 Å². The fourth-order valence-corrected chi connectivity index (χ4v) is 3.87. The molecule has 0 spiro atoms. The average Bonchev–Trinajstić information content (AvgIpc) is 2.46. The number of thioether (sulfide) groups is 1. The highest BCUT2D eigenvalue weighted by atomic mass is 32.2. The first-order chi connectivity index (χ1) is 10.0. The van der Waals surface area contributed by atoms with Gasteiger partial charge in [0, 0.05) is 17.8 Å². The number of rotatable bonds is 2. The third-order valence-electron chi connectivity index (χ3n) is 4.31. The fourth-order valence-electron chi connectivity index (χ4n) is 3.05. The maximum absolute atomic E-state index is 11.5. The van der Waals surface area contributed by atoms with Crippen molar-refractivity contribution in [3.05, 3.63) is 29.3 Å². The smallest absolute Gasteiger partial charge is 0.299 e. The van der Waals surface area contributed by atoms with E-state index in [4.69, 9.17) is 0 Å². The quantitative estimate of drug-likeness (QED) is 0.875. The molecule has 2 aliphatic rings. The predicted octanol–water partition coefficient (Wildman–Crippen LogP) is 3.72. The van der Waals surface area contributed by atoms with Crippen LogP contribution in [0.15, 0.2) is 23.3 Å². The van der Waals surface area contributed by atoms with E-state index in [0.29, 0.717) is 0 Å². The Bertz CT molecular complexity index is 610. The molecule has 1 atom stereocenters. The summed E-state index contributed by atoms with van der Waals surface area (Å²) in [5.74, 6) is 0. The third-order valence-corrected chi connectivity index (χ3v) is 5.46. The number of nitrogens with zero attached hydrogens (tertiary/aromatic N) is 1. The molecule has 0 saturated heterocycles. The second-order valence-electron chi connectivity index (χ2n) is 6.20. The summed E-state index contributed by atoms with van der Waals surface area (Å²) in [7, 11) is 0. The summed E-state index contributed by atoms with van der Waals surface area (Å²) in [6.45, 7) is 7.64. The lowest BCUT2D eigenvalue weighted by Gasteiger charge is -2.35. The lowest BCUT2D eigenvalue weighted by atomic mass is 9.77. The summed E-state index contributed by atoms with van der Waals surface area (Å²) in [4.78, 5) is 11.5. The fraction of sp³-hybridized carbons (Fsp3) is 0.500. The van der Waals surface area contributed by atoms with Gasteiger partial charge in [-0.15, -0.1) is 0 Å². The SMILES string of the molecule is CCC1SC(=O)NN=C1c1cccc2c1NCCC2(C)C. The van der Waals surface area contributed by atoms with E-state index in [9.17, 15) is 4.79 Å². The number of anilines is 1. The number of hydrogen-bond donors (Lipinski definition) is 2. The number of para-hydroxylation sites is 1. The van der Waals surface area contributed by atoms with Gasteiger partial charge in [0.15, 0.2) is 0 Å². The first-order valence-electron chi connectivity index (χ1n) is 7.45. The zero-order valence-electron chi connectivity index (χ0n) is 12.7. The van der Waals surface area contributed by atoms with Crippen molar-refractivity contribution in [2.45, 2.75) is 44.3 Å². The van der Waals surface area contributed by atoms with E-state index >= 15 is 0 Å². The number of hydrogen-bond acceptors (Lipinski definition) is 4. The van der Waals surface area contributed by atoms with Gasteiger partial charge in [-0.25, -0.2) is 5.43 Å². The molecule has 2 heterocycles. The van der Waals surface area contributed by atoms with E-state index < -0.39 is 0 Å². The van der Waals surface area contributed by atoms with Crippen molar-refractivity contribution < 1.29 is 4.79 Å². The monoisotopic (exact) mass is 303 g/mol. The largest absolute Gasteiger partial charge is 0.384 e. The summed E-state index contributed by atoms with van der Waals surface area (Å²) < 4.78 is 0. The Morgan fingerprint density at radius 2 is 2.24 bits per heavy atom. The zero-order valence-corrected chi connectivity index (χ0v) is 13.5. The first kappa shape index (κ1) is 14.4. The van der Waals surface area contributed by atoms with Crippen molar-refractivity contribution in [1.29, 1.82) is 0 Å².